The molecule has 1 aromatic carbocycles. The van der Waals surface area contributed by atoms with Gasteiger partial charge in [0, 0.05) is 24.5 Å². The number of hydrogen-bond acceptors (Lipinski definition) is 4. The van der Waals surface area contributed by atoms with E-state index in [0.29, 0.717) is 6.42 Å². The van der Waals surface area contributed by atoms with Crippen LogP contribution in [-0.2, 0) is 4.79 Å². The Bertz CT molecular complexity index is 595. The number of ether oxygens (including phenoxy) is 1. The van der Waals surface area contributed by atoms with E-state index >= 15 is 0 Å². The Balaban J connectivity index is 0.00000288. The number of nitrogens with two attached hydrogens (primary N) is 1. The van der Waals surface area contributed by atoms with Crippen molar-refractivity contribution in [2.75, 3.05) is 11.9 Å². The van der Waals surface area contributed by atoms with Crippen LogP contribution in [0.1, 0.15) is 32.1 Å². The van der Waals surface area contributed by atoms with Gasteiger partial charge in [-0.05, 0) is 55.8 Å². The molecule has 0 bridgehead atoms. The van der Waals surface area contributed by atoms with E-state index in [1.54, 1.807) is 24.5 Å². The van der Waals surface area contributed by atoms with E-state index in [2.05, 4.69) is 10.3 Å². The number of amides is 1. The second-order valence-electron chi connectivity index (χ2n) is 5.31. The normalized spacial score (nSPS) is 9.48. The van der Waals surface area contributed by atoms with Crippen LogP contribution in [0.3, 0.4) is 0 Å². The smallest absolute Gasteiger partial charge is 0.224 e. The Morgan fingerprint density at radius 3 is 2.16 bits per heavy atom. The molecule has 0 saturated carbocycles. The minimum absolute atomic E-state index is 0. The van der Waals surface area contributed by atoms with E-state index in [4.69, 9.17) is 10.5 Å². The summed E-state index contributed by atoms with van der Waals surface area (Å²) in [4.78, 5) is 15.8. The molecule has 0 aliphatic rings. The highest BCUT2D eigenvalue weighted by atomic mass is 35.5. The number of halogens is 2. The zero-order valence-electron chi connectivity index (χ0n) is 14.0. The van der Waals surface area contributed by atoms with Gasteiger partial charge in [-0.3, -0.25) is 9.78 Å². The van der Waals surface area contributed by atoms with Crippen LogP contribution in [0.2, 0.25) is 0 Å². The van der Waals surface area contributed by atoms with Crippen molar-refractivity contribution in [3.63, 3.8) is 0 Å². The summed E-state index contributed by atoms with van der Waals surface area (Å²) in [5, 5.41) is 2.89. The molecule has 7 heteroatoms. The van der Waals surface area contributed by atoms with Crippen molar-refractivity contribution in [3.8, 4) is 11.5 Å². The van der Waals surface area contributed by atoms with Crippen LogP contribution in [0.4, 0.5) is 5.69 Å². The molecule has 0 aliphatic carbocycles. The zero-order chi connectivity index (χ0) is 16.3. The number of aromatic nitrogens is 1. The fourth-order valence-corrected chi connectivity index (χ4v) is 2.16. The Morgan fingerprint density at radius 2 is 1.52 bits per heavy atom. The van der Waals surface area contributed by atoms with Crippen LogP contribution in [-0.4, -0.2) is 17.4 Å². The van der Waals surface area contributed by atoms with Gasteiger partial charge in [0.05, 0.1) is 0 Å². The predicted molar refractivity (Wildman–Crippen MR) is 106 cm³/mol. The fourth-order valence-electron chi connectivity index (χ4n) is 2.16. The average Bonchev–Trinajstić information content (AvgIpc) is 2.57. The molecule has 0 fully saturated rings. The number of hydrogen-bond donors (Lipinski definition) is 2. The lowest BCUT2D eigenvalue weighted by Gasteiger charge is -2.08. The number of nitrogens with one attached hydrogen (secondary N) is 1. The number of carbonyl (C=O) groups is 1. The van der Waals surface area contributed by atoms with Gasteiger partial charge in [0.1, 0.15) is 11.5 Å². The van der Waals surface area contributed by atoms with Crippen molar-refractivity contribution in [2.24, 2.45) is 5.73 Å². The number of benzene rings is 1. The summed E-state index contributed by atoms with van der Waals surface area (Å²) in [5.41, 5.74) is 6.22. The maximum atomic E-state index is 11.8. The molecule has 0 saturated heterocycles. The summed E-state index contributed by atoms with van der Waals surface area (Å²) >= 11 is 0. The van der Waals surface area contributed by atoms with Crippen molar-refractivity contribution in [2.45, 2.75) is 32.1 Å². The second kappa shape index (κ2) is 13.5. The van der Waals surface area contributed by atoms with Crippen LogP contribution in [0.25, 0.3) is 0 Å². The fraction of sp³-hybridized carbons (Fsp3) is 0.333. The number of pyridine rings is 1. The summed E-state index contributed by atoms with van der Waals surface area (Å²) in [6.45, 7) is 0.722. The van der Waals surface area contributed by atoms with Crippen molar-refractivity contribution in [1.29, 1.82) is 0 Å². The molecule has 2 rings (SSSR count). The number of anilines is 1. The lowest BCUT2D eigenvalue weighted by molar-refractivity contribution is -0.116. The number of unbranched alkanes of at least 4 members (excludes halogenated alkanes) is 3. The molecule has 1 heterocycles. The van der Waals surface area contributed by atoms with Crippen molar-refractivity contribution >= 4 is 36.4 Å². The lowest BCUT2D eigenvalue weighted by atomic mass is 10.1. The summed E-state index contributed by atoms with van der Waals surface area (Å²) < 4.78 is 5.68. The molecule has 1 amide bonds. The van der Waals surface area contributed by atoms with Crippen LogP contribution in [0, 0.1) is 0 Å². The number of rotatable bonds is 9. The summed E-state index contributed by atoms with van der Waals surface area (Å²) in [7, 11) is 0. The van der Waals surface area contributed by atoms with E-state index < -0.39 is 0 Å². The molecular weight excluding hydrogens is 361 g/mol. The first kappa shape index (κ1) is 23.2. The predicted octanol–water partition coefficient (Wildman–Crippen LogP) is 4.57. The molecular formula is C18H25Cl2N3O2. The summed E-state index contributed by atoms with van der Waals surface area (Å²) in [5.74, 6) is 1.49. The van der Waals surface area contributed by atoms with Crippen molar-refractivity contribution < 1.29 is 9.53 Å². The maximum absolute atomic E-state index is 11.8. The molecule has 0 radical (unpaired) electrons. The molecule has 0 atom stereocenters. The molecule has 3 N–H and O–H groups in total. The van der Waals surface area contributed by atoms with Gasteiger partial charge >= 0.3 is 0 Å². The summed E-state index contributed by atoms with van der Waals surface area (Å²) in [6.07, 6.45) is 7.96. The Hall–Kier alpha value is -1.82. The molecule has 2 aromatic rings. The van der Waals surface area contributed by atoms with Crippen LogP contribution < -0.4 is 15.8 Å². The van der Waals surface area contributed by atoms with E-state index in [-0.39, 0.29) is 30.7 Å². The van der Waals surface area contributed by atoms with Gasteiger partial charge in [0.15, 0.2) is 0 Å². The minimum atomic E-state index is 0. The highest BCUT2D eigenvalue weighted by Crippen LogP contribution is 2.22. The molecule has 0 unspecified atom stereocenters. The average molecular weight is 386 g/mol. The van der Waals surface area contributed by atoms with Gasteiger partial charge in [-0.2, -0.15) is 0 Å². The lowest BCUT2D eigenvalue weighted by Crippen LogP contribution is -2.11. The van der Waals surface area contributed by atoms with Crippen LogP contribution in [0.5, 0.6) is 11.5 Å². The van der Waals surface area contributed by atoms with E-state index in [9.17, 15) is 4.79 Å². The first-order valence-corrected chi connectivity index (χ1v) is 7.96. The van der Waals surface area contributed by atoms with E-state index in [0.717, 1.165) is 49.4 Å². The van der Waals surface area contributed by atoms with Crippen LogP contribution in [0.15, 0.2) is 48.8 Å². The highest BCUT2D eigenvalue weighted by Gasteiger charge is 2.03. The highest BCUT2D eigenvalue weighted by molar-refractivity contribution is 5.90. The number of carbonyl (C=O) groups excluding carboxylic acids is 1. The Labute approximate surface area is 161 Å². The SMILES string of the molecule is Cl.Cl.NCCCCCCC(=O)Nc1ccc(Oc2ccncc2)cc1. The summed E-state index contributed by atoms with van der Waals surface area (Å²) in [6, 6.07) is 10.9. The van der Waals surface area contributed by atoms with Crippen molar-refractivity contribution in [3.05, 3.63) is 48.8 Å². The van der Waals surface area contributed by atoms with Gasteiger partial charge in [0.25, 0.3) is 0 Å². The Kier molecular flexibility index (Phi) is 12.5. The quantitative estimate of drug-likeness (QED) is 0.619. The molecule has 0 spiro atoms. The van der Waals surface area contributed by atoms with Crippen LogP contribution >= 0.6 is 24.8 Å². The standard InChI is InChI=1S/C18H23N3O2.2ClH/c19-12-4-2-1-3-5-18(22)21-15-6-8-16(9-7-15)23-17-10-13-20-14-11-17;;/h6-11,13-14H,1-5,12,19H2,(H,21,22);2*1H. The second-order valence-corrected chi connectivity index (χ2v) is 5.31. The zero-order valence-corrected chi connectivity index (χ0v) is 15.7. The molecule has 25 heavy (non-hydrogen) atoms. The first-order valence-electron chi connectivity index (χ1n) is 7.96. The van der Waals surface area contributed by atoms with E-state index in [1.165, 1.54) is 0 Å². The monoisotopic (exact) mass is 385 g/mol. The molecule has 5 nitrogen and oxygen atoms in total. The molecule has 138 valence electrons. The first-order chi connectivity index (χ1) is 11.3. The molecule has 1 aromatic heterocycles. The topological polar surface area (TPSA) is 77.2 Å². The Morgan fingerprint density at radius 1 is 0.920 bits per heavy atom. The van der Waals surface area contributed by atoms with Gasteiger partial charge in [-0.15, -0.1) is 24.8 Å². The van der Waals surface area contributed by atoms with E-state index in [1.807, 2.05) is 24.3 Å². The third kappa shape index (κ3) is 9.29. The largest absolute Gasteiger partial charge is 0.457 e. The van der Waals surface area contributed by atoms with Gasteiger partial charge in [-0.1, -0.05) is 12.8 Å². The van der Waals surface area contributed by atoms with Gasteiger partial charge in [0.2, 0.25) is 5.91 Å². The minimum Gasteiger partial charge on any atom is -0.457 e. The third-order valence-corrected chi connectivity index (χ3v) is 3.38. The third-order valence-electron chi connectivity index (χ3n) is 3.38. The maximum Gasteiger partial charge on any atom is 0.224 e. The molecule has 0 aliphatic heterocycles. The number of nitrogens with zero attached hydrogens (tertiary/aromatic N) is 1. The van der Waals surface area contributed by atoms with Crippen molar-refractivity contribution in [1.82, 2.24) is 4.98 Å². The van der Waals surface area contributed by atoms with Gasteiger partial charge in [-0.25, -0.2) is 0 Å². The van der Waals surface area contributed by atoms with Gasteiger partial charge < -0.3 is 15.8 Å².